The van der Waals surface area contributed by atoms with Crippen LogP contribution in [0.3, 0.4) is 0 Å². The normalized spacial score (nSPS) is 25.7. The molecule has 2 amide bonds. The molecule has 3 heterocycles. The third kappa shape index (κ3) is 2.97. The predicted molar refractivity (Wildman–Crippen MR) is 84.1 cm³/mol. The van der Waals surface area contributed by atoms with Crippen molar-refractivity contribution in [1.29, 1.82) is 0 Å². The van der Waals surface area contributed by atoms with Gasteiger partial charge in [-0.1, -0.05) is 0 Å². The molecule has 4 rings (SSSR count). The van der Waals surface area contributed by atoms with Crippen molar-refractivity contribution in [2.45, 2.75) is 37.6 Å². The van der Waals surface area contributed by atoms with Gasteiger partial charge in [0.2, 0.25) is 5.91 Å². The Morgan fingerprint density at radius 3 is 2.91 bits per heavy atom. The minimum atomic E-state index is -0.0135. The summed E-state index contributed by atoms with van der Waals surface area (Å²) in [7, 11) is 0. The molecule has 7 heteroatoms. The van der Waals surface area contributed by atoms with Crippen LogP contribution in [0.5, 0.6) is 0 Å². The van der Waals surface area contributed by atoms with Gasteiger partial charge in [-0.3, -0.25) is 14.7 Å². The average molecular weight is 317 g/mol. The van der Waals surface area contributed by atoms with Crippen LogP contribution in [0.4, 0.5) is 0 Å². The van der Waals surface area contributed by atoms with Crippen molar-refractivity contribution in [3.05, 3.63) is 17.5 Å². The van der Waals surface area contributed by atoms with Crippen LogP contribution in [0.15, 0.2) is 6.07 Å². The first kappa shape index (κ1) is 14.7. The molecule has 3 fully saturated rings. The Balaban J connectivity index is 1.43. The molecular formula is C16H23N5O2. The molecule has 0 bridgehead atoms. The molecule has 1 aromatic heterocycles. The maximum Gasteiger partial charge on any atom is 0.274 e. The molecule has 23 heavy (non-hydrogen) atoms. The van der Waals surface area contributed by atoms with Crippen LogP contribution in [0.25, 0.3) is 0 Å². The molecule has 1 unspecified atom stereocenters. The molecule has 1 saturated carbocycles. The third-order valence-corrected chi connectivity index (χ3v) is 5.08. The third-order valence-electron chi connectivity index (χ3n) is 5.08. The van der Waals surface area contributed by atoms with Crippen molar-refractivity contribution in [1.82, 2.24) is 25.3 Å². The monoisotopic (exact) mass is 317 g/mol. The maximum absolute atomic E-state index is 12.7. The van der Waals surface area contributed by atoms with Crippen molar-refractivity contribution >= 4 is 11.8 Å². The molecule has 2 aliphatic heterocycles. The molecule has 1 aliphatic carbocycles. The summed E-state index contributed by atoms with van der Waals surface area (Å²) in [5.41, 5.74) is 1.60. The van der Waals surface area contributed by atoms with E-state index in [1.165, 1.54) is 12.8 Å². The topological polar surface area (TPSA) is 81.3 Å². The van der Waals surface area contributed by atoms with E-state index >= 15 is 0 Å². The van der Waals surface area contributed by atoms with Gasteiger partial charge in [-0.05, 0) is 31.7 Å². The highest BCUT2D eigenvalue weighted by Crippen LogP contribution is 2.39. The fourth-order valence-corrected chi connectivity index (χ4v) is 3.61. The quantitative estimate of drug-likeness (QED) is 0.841. The number of aromatic amines is 1. The highest BCUT2D eigenvalue weighted by molar-refractivity contribution is 5.92. The van der Waals surface area contributed by atoms with E-state index < -0.39 is 0 Å². The maximum atomic E-state index is 12.7. The second-order valence-corrected chi connectivity index (χ2v) is 6.79. The summed E-state index contributed by atoms with van der Waals surface area (Å²) in [5, 5.41) is 10.3. The summed E-state index contributed by atoms with van der Waals surface area (Å²) in [4.78, 5) is 28.6. The number of amides is 2. The highest BCUT2D eigenvalue weighted by Gasteiger charge is 2.33. The number of rotatable bonds is 3. The SMILES string of the molecule is O=C(c1cc(C2CC2)[nH]n1)N1CCCC(N2CCNCC2=O)C1. The Morgan fingerprint density at radius 1 is 1.26 bits per heavy atom. The first-order valence-electron chi connectivity index (χ1n) is 8.57. The standard InChI is InChI=1S/C16H23N5O2/c22-15-9-17-5-7-21(15)12-2-1-6-20(10-12)16(23)14-8-13(18-19-14)11-3-4-11/h8,11-12,17H,1-7,9-10H2,(H,18,19). The number of H-pyrrole nitrogens is 1. The fourth-order valence-electron chi connectivity index (χ4n) is 3.61. The summed E-state index contributed by atoms with van der Waals surface area (Å²) in [6.45, 7) is 3.35. The summed E-state index contributed by atoms with van der Waals surface area (Å²) in [6, 6.07) is 2.05. The second-order valence-electron chi connectivity index (χ2n) is 6.79. The van der Waals surface area contributed by atoms with Crippen molar-refractivity contribution in [2.24, 2.45) is 0 Å². The molecule has 1 aromatic rings. The summed E-state index contributed by atoms with van der Waals surface area (Å²) < 4.78 is 0. The van der Waals surface area contributed by atoms with Gasteiger partial charge in [0.05, 0.1) is 6.54 Å². The fraction of sp³-hybridized carbons (Fsp3) is 0.688. The van der Waals surface area contributed by atoms with Crippen molar-refractivity contribution in [2.75, 3.05) is 32.7 Å². The molecule has 0 radical (unpaired) electrons. The van der Waals surface area contributed by atoms with Crippen molar-refractivity contribution in [3.8, 4) is 0 Å². The lowest BCUT2D eigenvalue weighted by molar-refractivity contribution is -0.135. The largest absolute Gasteiger partial charge is 0.336 e. The van der Waals surface area contributed by atoms with E-state index in [0.717, 1.165) is 38.2 Å². The first-order valence-corrected chi connectivity index (χ1v) is 8.57. The zero-order valence-corrected chi connectivity index (χ0v) is 13.3. The van der Waals surface area contributed by atoms with Gasteiger partial charge in [-0.15, -0.1) is 0 Å². The van der Waals surface area contributed by atoms with Gasteiger partial charge < -0.3 is 15.1 Å². The van der Waals surface area contributed by atoms with Gasteiger partial charge in [0, 0.05) is 43.8 Å². The zero-order chi connectivity index (χ0) is 15.8. The van der Waals surface area contributed by atoms with Gasteiger partial charge in [0.15, 0.2) is 0 Å². The van der Waals surface area contributed by atoms with E-state index in [0.29, 0.717) is 24.7 Å². The first-order chi connectivity index (χ1) is 11.2. The zero-order valence-electron chi connectivity index (χ0n) is 13.3. The van der Waals surface area contributed by atoms with E-state index in [2.05, 4.69) is 15.5 Å². The van der Waals surface area contributed by atoms with Crippen molar-refractivity contribution < 1.29 is 9.59 Å². The lowest BCUT2D eigenvalue weighted by atomic mass is 10.0. The Bertz CT molecular complexity index is 609. The van der Waals surface area contributed by atoms with Gasteiger partial charge >= 0.3 is 0 Å². The van der Waals surface area contributed by atoms with Crippen LogP contribution < -0.4 is 5.32 Å². The molecule has 124 valence electrons. The van der Waals surface area contributed by atoms with E-state index in [1.807, 2.05) is 15.9 Å². The average Bonchev–Trinajstić information content (AvgIpc) is 3.32. The minimum Gasteiger partial charge on any atom is -0.336 e. The molecule has 7 nitrogen and oxygen atoms in total. The van der Waals surface area contributed by atoms with Crippen LogP contribution in [0.2, 0.25) is 0 Å². The van der Waals surface area contributed by atoms with Gasteiger partial charge in [-0.2, -0.15) is 5.10 Å². The molecule has 0 spiro atoms. The van der Waals surface area contributed by atoms with E-state index in [9.17, 15) is 9.59 Å². The molecule has 1 atom stereocenters. The predicted octanol–water partition coefficient (Wildman–Crippen LogP) is 0.324. The number of nitrogens with zero attached hydrogens (tertiary/aromatic N) is 3. The number of piperazine rings is 1. The number of hydrogen-bond donors (Lipinski definition) is 2. The number of aromatic nitrogens is 2. The summed E-state index contributed by atoms with van der Waals surface area (Å²) >= 11 is 0. The smallest absolute Gasteiger partial charge is 0.274 e. The van der Waals surface area contributed by atoms with Crippen LogP contribution in [-0.4, -0.2) is 70.6 Å². The minimum absolute atomic E-state index is 0.0135. The number of nitrogens with one attached hydrogen (secondary N) is 2. The van der Waals surface area contributed by atoms with Gasteiger partial charge in [0.25, 0.3) is 5.91 Å². The Kier molecular flexibility index (Phi) is 3.80. The lowest BCUT2D eigenvalue weighted by Gasteiger charge is -2.40. The van der Waals surface area contributed by atoms with E-state index in [1.54, 1.807) is 0 Å². The second kappa shape index (κ2) is 5.96. The molecule has 0 aromatic carbocycles. The van der Waals surface area contributed by atoms with Crippen molar-refractivity contribution in [3.63, 3.8) is 0 Å². The number of carbonyl (C=O) groups excluding carboxylic acids is 2. The van der Waals surface area contributed by atoms with Crippen LogP contribution >= 0.6 is 0 Å². The Labute approximate surface area is 135 Å². The van der Waals surface area contributed by atoms with Crippen LogP contribution in [-0.2, 0) is 4.79 Å². The molecule has 2 saturated heterocycles. The van der Waals surface area contributed by atoms with Gasteiger partial charge in [-0.25, -0.2) is 0 Å². The highest BCUT2D eigenvalue weighted by atomic mass is 16.2. The summed E-state index contributed by atoms with van der Waals surface area (Å²) in [5.74, 6) is 0.698. The number of piperidine rings is 1. The Hall–Kier alpha value is -1.89. The number of hydrogen-bond acceptors (Lipinski definition) is 4. The summed E-state index contributed by atoms with van der Waals surface area (Å²) in [6.07, 6.45) is 4.29. The Morgan fingerprint density at radius 2 is 2.13 bits per heavy atom. The van der Waals surface area contributed by atoms with Crippen LogP contribution in [0.1, 0.15) is 47.8 Å². The lowest BCUT2D eigenvalue weighted by Crippen LogP contribution is -2.57. The number of carbonyl (C=O) groups is 2. The van der Waals surface area contributed by atoms with E-state index in [4.69, 9.17) is 0 Å². The van der Waals surface area contributed by atoms with Gasteiger partial charge in [0.1, 0.15) is 5.69 Å². The molecule has 2 N–H and O–H groups in total. The van der Waals surface area contributed by atoms with E-state index in [-0.39, 0.29) is 17.9 Å². The number of likely N-dealkylation sites (tertiary alicyclic amines) is 1. The van der Waals surface area contributed by atoms with Crippen LogP contribution in [0, 0.1) is 0 Å². The molecule has 3 aliphatic rings. The molecular weight excluding hydrogens is 294 g/mol.